The van der Waals surface area contributed by atoms with E-state index in [-0.39, 0.29) is 11.9 Å². The van der Waals surface area contributed by atoms with Crippen LogP contribution < -0.4 is 5.32 Å². The van der Waals surface area contributed by atoms with Crippen molar-refractivity contribution in [1.82, 2.24) is 15.1 Å². The molecule has 5 nitrogen and oxygen atoms in total. The third-order valence-corrected chi connectivity index (χ3v) is 6.07. The summed E-state index contributed by atoms with van der Waals surface area (Å²) in [6, 6.07) is 0.314. The lowest BCUT2D eigenvalue weighted by molar-refractivity contribution is -0.128. The van der Waals surface area contributed by atoms with Crippen LogP contribution in [0.1, 0.15) is 58.3 Å². The number of hydrogen-bond acceptors (Lipinski definition) is 4. The van der Waals surface area contributed by atoms with Crippen LogP contribution in [0.2, 0.25) is 0 Å². The summed E-state index contributed by atoms with van der Waals surface area (Å²) in [6.07, 6.45) is 8.84. The Labute approximate surface area is 140 Å². The Morgan fingerprint density at radius 3 is 2.35 bits per heavy atom. The number of amides is 1. The van der Waals surface area contributed by atoms with E-state index in [0.29, 0.717) is 6.04 Å². The van der Waals surface area contributed by atoms with Crippen molar-refractivity contribution in [3.05, 3.63) is 0 Å². The molecule has 132 valence electrons. The van der Waals surface area contributed by atoms with Crippen molar-refractivity contribution >= 4 is 5.91 Å². The Kier molecular flexibility index (Phi) is 5.60. The molecular formula is C18H33N3O2. The summed E-state index contributed by atoms with van der Waals surface area (Å²) in [4.78, 5) is 17.0. The Morgan fingerprint density at radius 1 is 1.13 bits per heavy atom. The quantitative estimate of drug-likeness (QED) is 0.802. The number of rotatable bonds is 5. The molecule has 0 spiro atoms. The summed E-state index contributed by atoms with van der Waals surface area (Å²) in [5.41, 5.74) is -0.553. The van der Waals surface area contributed by atoms with E-state index >= 15 is 0 Å². The predicted octanol–water partition coefficient (Wildman–Crippen LogP) is 1.36. The van der Waals surface area contributed by atoms with Crippen LogP contribution in [0, 0.1) is 0 Å². The second-order valence-corrected chi connectivity index (χ2v) is 7.91. The van der Waals surface area contributed by atoms with Gasteiger partial charge in [0.05, 0.1) is 11.6 Å². The van der Waals surface area contributed by atoms with E-state index in [1.165, 1.54) is 25.7 Å². The van der Waals surface area contributed by atoms with Gasteiger partial charge < -0.3 is 15.3 Å². The average molecular weight is 323 g/mol. The molecule has 1 saturated carbocycles. The molecule has 0 aromatic rings. The predicted molar refractivity (Wildman–Crippen MR) is 91.3 cm³/mol. The van der Waals surface area contributed by atoms with Crippen molar-refractivity contribution in [2.24, 2.45) is 0 Å². The summed E-state index contributed by atoms with van der Waals surface area (Å²) in [7, 11) is 0. The molecule has 2 N–H and O–H groups in total. The molecule has 1 atom stereocenters. The van der Waals surface area contributed by atoms with Crippen LogP contribution >= 0.6 is 0 Å². The number of nitrogens with one attached hydrogen (secondary N) is 1. The first-order valence-electron chi connectivity index (χ1n) is 9.55. The van der Waals surface area contributed by atoms with Crippen molar-refractivity contribution in [3.8, 4) is 0 Å². The highest BCUT2D eigenvalue weighted by Gasteiger charge is 2.37. The first-order valence-corrected chi connectivity index (χ1v) is 9.55. The van der Waals surface area contributed by atoms with Crippen LogP contribution in [0.4, 0.5) is 0 Å². The third-order valence-electron chi connectivity index (χ3n) is 6.07. The molecule has 2 saturated heterocycles. The first kappa shape index (κ1) is 17.2. The fourth-order valence-electron chi connectivity index (χ4n) is 4.40. The van der Waals surface area contributed by atoms with Crippen molar-refractivity contribution < 1.29 is 9.90 Å². The summed E-state index contributed by atoms with van der Waals surface area (Å²) in [6.45, 7) is 6.73. The van der Waals surface area contributed by atoms with E-state index < -0.39 is 5.60 Å². The first-order chi connectivity index (χ1) is 11.1. The topological polar surface area (TPSA) is 55.8 Å². The Hall–Kier alpha value is -0.650. The molecule has 2 aliphatic heterocycles. The zero-order chi connectivity index (χ0) is 16.3. The lowest BCUT2D eigenvalue weighted by Gasteiger charge is -2.42. The summed E-state index contributed by atoms with van der Waals surface area (Å²) in [5, 5.41) is 14.0. The van der Waals surface area contributed by atoms with E-state index in [4.69, 9.17) is 0 Å². The van der Waals surface area contributed by atoms with Crippen molar-refractivity contribution in [2.75, 3.05) is 32.7 Å². The van der Waals surface area contributed by atoms with Crippen molar-refractivity contribution in [1.29, 1.82) is 0 Å². The number of piperidine rings is 1. The minimum Gasteiger partial charge on any atom is -0.388 e. The molecule has 5 heteroatoms. The second-order valence-electron chi connectivity index (χ2n) is 7.91. The van der Waals surface area contributed by atoms with Gasteiger partial charge in [0.1, 0.15) is 0 Å². The van der Waals surface area contributed by atoms with Crippen molar-refractivity contribution in [3.63, 3.8) is 0 Å². The van der Waals surface area contributed by atoms with Crippen molar-refractivity contribution in [2.45, 2.75) is 76.0 Å². The van der Waals surface area contributed by atoms with Gasteiger partial charge in [0.25, 0.3) is 0 Å². The van der Waals surface area contributed by atoms with E-state index in [1.54, 1.807) is 0 Å². The molecule has 3 aliphatic rings. The second kappa shape index (κ2) is 7.49. The van der Waals surface area contributed by atoms with Gasteiger partial charge in [0.15, 0.2) is 0 Å². The number of aliphatic hydroxyl groups is 1. The molecule has 1 amide bonds. The summed E-state index contributed by atoms with van der Waals surface area (Å²) in [5.74, 6) is 0.168. The average Bonchev–Trinajstić information content (AvgIpc) is 3.21. The van der Waals surface area contributed by atoms with Crippen LogP contribution in [-0.4, -0.2) is 71.2 Å². The maximum atomic E-state index is 12.4. The smallest absolute Gasteiger partial charge is 0.237 e. The molecular weight excluding hydrogens is 290 g/mol. The zero-order valence-corrected chi connectivity index (χ0v) is 14.6. The van der Waals surface area contributed by atoms with E-state index in [0.717, 1.165) is 58.4 Å². The number of carbonyl (C=O) groups excluding carboxylic acids is 1. The van der Waals surface area contributed by atoms with Gasteiger partial charge in [-0.2, -0.15) is 0 Å². The van der Waals surface area contributed by atoms with E-state index in [1.807, 2.05) is 6.92 Å². The standard InChI is InChI=1S/C18H33N3O2/c1-15(17(22)19-16-6-2-3-7-16)21-12-8-18(23,9-13-21)14-20-10-4-5-11-20/h15-16,23H,2-14H2,1H3,(H,19,22)/t15-/m0/s1. The molecule has 0 bridgehead atoms. The van der Waals surface area contributed by atoms with E-state index in [2.05, 4.69) is 15.1 Å². The number of carbonyl (C=O) groups is 1. The van der Waals surface area contributed by atoms with Gasteiger partial charge in [0, 0.05) is 25.7 Å². The lowest BCUT2D eigenvalue weighted by atomic mass is 9.90. The summed E-state index contributed by atoms with van der Waals surface area (Å²) < 4.78 is 0. The van der Waals surface area contributed by atoms with Crippen LogP contribution in [0.3, 0.4) is 0 Å². The summed E-state index contributed by atoms with van der Waals surface area (Å²) >= 11 is 0. The fourth-order valence-corrected chi connectivity index (χ4v) is 4.40. The lowest BCUT2D eigenvalue weighted by Crippen LogP contribution is -2.55. The monoisotopic (exact) mass is 323 g/mol. The van der Waals surface area contributed by atoms with Crippen LogP contribution in [0.15, 0.2) is 0 Å². The third kappa shape index (κ3) is 4.46. The van der Waals surface area contributed by atoms with Gasteiger partial charge in [-0.1, -0.05) is 12.8 Å². The van der Waals surface area contributed by atoms with Crippen LogP contribution in [-0.2, 0) is 4.79 Å². The molecule has 0 unspecified atom stereocenters. The molecule has 0 radical (unpaired) electrons. The Morgan fingerprint density at radius 2 is 1.74 bits per heavy atom. The Bertz CT molecular complexity index is 395. The van der Waals surface area contributed by atoms with Gasteiger partial charge >= 0.3 is 0 Å². The molecule has 2 heterocycles. The van der Waals surface area contributed by atoms with Gasteiger partial charge in [-0.3, -0.25) is 9.69 Å². The minimum atomic E-state index is -0.553. The molecule has 3 fully saturated rings. The number of β-amino-alcohol motifs (C(OH)–C–C–N with tert-alkyl or cyclic N) is 1. The number of likely N-dealkylation sites (tertiary alicyclic amines) is 2. The van der Waals surface area contributed by atoms with Gasteiger partial charge in [-0.25, -0.2) is 0 Å². The molecule has 0 aromatic heterocycles. The number of nitrogens with zero attached hydrogens (tertiary/aromatic N) is 2. The van der Waals surface area contributed by atoms with Gasteiger partial charge in [0.2, 0.25) is 5.91 Å². The molecule has 23 heavy (non-hydrogen) atoms. The highest BCUT2D eigenvalue weighted by Crippen LogP contribution is 2.26. The Balaban J connectivity index is 1.44. The van der Waals surface area contributed by atoms with Gasteiger partial charge in [-0.05, 0) is 58.5 Å². The fraction of sp³-hybridized carbons (Fsp3) is 0.944. The van der Waals surface area contributed by atoms with Crippen LogP contribution in [0.25, 0.3) is 0 Å². The minimum absolute atomic E-state index is 0.0769. The molecule has 0 aromatic carbocycles. The molecule has 1 aliphatic carbocycles. The zero-order valence-electron chi connectivity index (χ0n) is 14.6. The normalized spacial score (nSPS) is 28.1. The largest absolute Gasteiger partial charge is 0.388 e. The molecule has 3 rings (SSSR count). The van der Waals surface area contributed by atoms with Crippen LogP contribution in [0.5, 0.6) is 0 Å². The highest BCUT2D eigenvalue weighted by atomic mass is 16.3. The highest BCUT2D eigenvalue weighted by molar-refractivity contribution is 5.81. The maximum Gasteiger partial charge on any atom is 0.237 e. The van der Waals surface area contributed by atoms with E-state index in [9.17, 15) is 9.90 Å². The number of hydrogen-bond donors (Lipinski definition) is 2. The SMILES string of the molecule is C[C@@H](C(=O)NC1CCCC1)N1CCC(O)(CN2CCCC2)CC1. The van der Waals surface area contributed by atoms with Gasteiger partial charge in [-0.15, -0.1) is 0 Å². The maximum absolute atomic E-state index is 12.4.